The largest absolute Gasteiger partial charge is 0.463 e. The van der Waals surface area contributed by atoms with Gasteiger partial charge in [0.25, 0.3) is 0 Å². The van der Waals surface area contributed by atoms with Crippen LogP contribution >= 0.6 is 0 Å². The summed E-state index contributed by atoms with van der Waals surface area (Å²) in [6.07, 6.45) is -8.04. The molecule has 2 N–H and O–H groups in total. The number of ether oxygens (including phenoxy) is 11. The lowest BCUT2D eigenvalue weighted by Crippen LogP contribution is -2.66. The first-order valence-electron chi connectivity index (χ1n) is 25.1. The Kier molecular flexibility index (Phi) is 24.3. The van der Waals surface area contributed by atoms with Crippen LogP contribution in [0.2, 0.25) is 0 Å². The number of likely N-dealkylation sites (N-methyl/N-ethyl adjacent to an activating group) is 1. The highest BCUT2D eigenvalue weighted by Crippen LogP contribution is 2.40. The Bertz CT molecular complexity index is 1820. The number of benzene rings is 1. The average Bonchev–Trinajstić information content (AvgIpc) is 3.31. The molecule has 10 unspecified atom stereocenters. The Hall–Kier alpha value is -3.60. The summed E-state index contributed by atoms with van der Waals surface area (Å²) >= 11 is 0. The lowest BCUT2D eigenvalue weighted by molar-refractivity contribution is -0.345. The number of aliphatic hydroxyl groups excluding tert-OH is 2. The zero-order chi connectivity index (χ0) is 52.6. The van der Waals surface area contributed by atoms with Crippen LogP contribution in [0.5, 0.6) is 0 Å². The molecule has 0 spiro atoms. The molecule has 0 radical (unpaired) electrons. The molecule has 0 saturated carbocycles. The van der Waals surface area contributed by atoms with Crippen LogP contribution in [0.1, 0.15) is 106 Å². The lowest BCUT2D eigenvalue weighted by Gasteiger charge is -2.51. The van der Waals surface area contributed by atoms with Crippen LogP contribution in [0, 0.1) is 11.8 Å². The second-order valence-electron chi connectivity index (χ2n) is 19.6. The smallest absolute Gasteiger partial charge is 0.309 e. The van der Waals surface area contributed by atoms with Gasteiger partial charge in [0.15, 0.2) is 30.6 Å². The molecule has 3 heterocycles. The minimum absolute atomic E-state index is 0.00245. The first kappa shape index (κ1) is 60.0. The maximum Gasteiger partial charge on any atom is 0.309 e. The van der Waals surface area contributed by atoms with Crippen LogP contribution in [-0.2, 0) is 71.3 Å². The third-order valence-corrected chi connectivity index (χ3v) is 13.7. The predicted octanol–water partition coefficient (Wildman–Crippen LogP) is 4.66. The van der Waals surface area contributed by atoms with E-state index < -0.39 is 121 Å². The van der Waals surface area contributed by atoms with E-state index in [1.54, 1.807) is 60.5 Å². The number of aliphatic hydroxyl groups is 2. The van der Waals surface area contributed by atoms with E-state index in [0.29, 0.717) is 32.5 Å². The molecule has 0 bridgehead atoms. The van der Waals surface area contributed by atoms with Crippen LogP contribution in [0.25, 0.3) is 6.08 Å². The molecule has 3 saturated heterocycles. The van der Waals surface area contributed by atoms with Crippen molar-refractivity contribution in [2.45, 2.75) is 192 Å². The van der Waals surface area contributed by atoms with Crippen LogP contribution in [0.3, 0.4) is 0 Å². The number of β-amino-alcohol motifs (C(OH)–C–C–N with tert-alkyl or cyclic N) is 1. The van der Waals surface area contributed by atoms with Crippen molar-refractivity contribution in [2.24, 2.45) is 11.8 Å². The Balaban J connectivity index is 1.75. The Labute approximate surface area is 421 Å². The summed E-state index contributed by atoms with van der Waals surface area (Å²) in [5, 5.41) is 24.5. The van der Waals surface area contributed by atoms with E-state index in [0.717, 1.165) is 5.56 Å². The van der Waals surface area contributed by atoms with Gasteiger partial charge in [0, 0.05) is 73.6 Å². The van der Waals surface area contributed by atoms with Gasteiger partial charge < -0.3 is 67.2 Å². The van der Waals surface area contributed by atoms with Crippen molar-refractivity contribution in [2.75, 3.05) is 55.1 Å². The normalized spacial score (nSPS) is 35.1. The van der Waals surface area contributed by atoms with Gasteiger partial charge in [0.1, 0.15) is 30.5 Å². The Morgan fingerprint density at radius 1 is 0.915 bits per heavy atom. The first-order valence-corrected chi connectivity index (χ1v) is 25.1. The minimum Gasteiger partial charge on any atom is -0.463 e. The van der Waals surface area contributed by atoms with Gasteiger partial charge >= 0.3 is 23.9 Å². The molecule has 1 aromatic carbocycles. The van der Waals surface area contributed by atoms with E-state index in [2.05, 4.69) is 4.90 Å². The molecule has 3 aliphatic rings. The van der Waals surface area contributed by atoms with E-state index in [-0.39, 0.29) is 38.0 Å². The van der Waals surface area contributed by atoms with Crippen LogP contribution in [0.15, 0.2) is 36.4 Å². The maximum atomic E-state index is 13.9. The van der Waals surface area contributed by atoms with Gasteiger partial charge in [-0.3, -0.25) is 24.1 Å². The molecule has 3 fully saturated rings. The fraction of sp³-hybridized carbons (Fsp3) is 0.769. The van der Waals surface area contributed by atoms with Gasteiger partial charge in [-0.2, -0.15) is 0 Å². The molecule has 19 nitrogen and oxygen atoms in total. The number of cyclic esters (lactones) is 1. The van der Waals surface area contributed by atoms with E-state index in [1.807, 2.05) is 49.4 Å². The molecular weight excluding hydrogens is 925 g/mol. The average molecular weight is 1010 g/mol. The van der Waals surface area contributed by atoms with Crippen molar-refractivity contribution in [3.05, 3.63) is 42.0 Å². The van der Waals surface area contributed by atoms with Crippen molar-refractivity contribution < 1.29 is 81.5 Å². The number of esters is 4. The second kappa shape index (κ2) is 28.7. The topological polar surface area (TPSA) is 217 Å². The van der Waals surface area contributed by atoms with Crippen molar-refractivity contribution in [3.63, 3.8) is 0 Å². The number of hydrogen-bond acceptors (Lipinski definition) is 19. The van der Waals surface area contributed by atoms with Gasteiger partial charge in [-0.25, -0.2) is 0 Å². The third kappa shape index (κ3) is 17.5. The first-order chi connectivity index (χ1) is 33.7. The monoisotopic (exact) mass is 1010 g/mol. The number of rotatable bonds is 18. The highest BCUT2D eigenvalue weighted by Gasteiger charge is 2.54. The van der Waals surface area contributed by atoms with E-state index >= 15 is 0 Å². The summed E-state index contributed by atoms with van der Waals surface area (Å²) < 4.78 is 67.8. The zero-order valence-corrected chi connectivity index (χ0v) is 44.3. The number of carbonyl (C=O) groups is 4. The number of hydrogen-bond donors (Lipinski definition) is 2. The van der Waals surface area contributed by atoms with Gasteiger partial charge in [-0.05, 0) is 72.0 Å². The molecule has 404 valence electrons. The highest BCUT2D eigenvalue weighted by molar-refractivity contribution is 5.73. The fourth-order valence-electron chi connectivity index (χ4n) is 9.92. The number of carbonyl (C=O) groups excluding carboxylic acids is 4. The molecule has 0 aliphatic carbocycles. The van der Waals surface area contributed by atoms with Crippen molar-refractivity contribution in [1.29, 1.82) is 0 Å². The van der Waals surface area contributed by atoms with E-state index in [1.165, 1.54) is 28.3 Å². The summed E-state index contributed by atoms with van der Waals surface area (Å²) in [5.41, 5.74) is -0.283. The maximum absolute atomic E-state index is 13.9. The van der Waals surface area contributed by atoms with Crippen molar-refractivity contribution >= 4 is 30.0 Å². The molecule has 3 aliphatic heterocycles. The summed E-state index contributed by atoms with van der Waals surface area (Å²) in [6.45, 7) is 14.8. The molecule has 0 aromatic heterocycles. The van der Waals surface area contributed by atoms with Gasteiger partial charge in [0.2, 0.25) is 0 Å². The van der Waals surface area contributed by atoms with E-state index in [9.17, 15) is 29.4 Å². The van der Waals surface area contributed by atoms with Gasteiger partial charge in [-0.1, -0.05) is 63.3 Å². The van der Waals surface area contributed by atoms with Gasteiger partial charge in [0.05, 0.1) is 36.9 Å². The summed E-state index contributed by atoms with van der Waals surface area (Å²) in [6, 6.07) is 9.11. The molecule has 1 aromatic rings. The third-order valence-electron chi connectivity index (χ3n) is 13.7. The zero-order valence-electron chi connectivity index (χ0n) is 44.3. The predicted molar refractivity (Wildman–Crippen MR) is 260 cm³/mol. The number of nitrogens with zero attached hydrogens (tertiary/aromatic N) is 2. The summed E-state index contributed by atoms with van der Waals surface area (Å²) in [5.74, 6) is -3.26. The lowest BCUT2D eigenvalue weighted by atomic mass is 9.82. The fourth-order valence-corrected chi connectivity index (χ4v) is 9.92. The standard InChI is InChI=1S/C52H84N2O17/c1-14-40(57)67-39-28-42(59)64-32(4)23-25-54(24-19-22-36-20-17-16-18-21-36)30-38(56)31(3)26-37(27-43(61-11)62-12)48(49(39)63-13)70-51-46(60)45(53(9)10)47(33(5)66-51)69-44-29-52(8,71-35(7)55)50(34(6)65-44)68-41(58)15-2/h16-22,31-34,37-39,43-51,56,60H,14-15,23-30H2,1-13H3/b22-19+/t31-,32-,33?,34?,37-,38+,39-,44?,45?,46?,47?,48+,49?,50?,51?,52?/m1/s1. The SMILES string of the molecule is CCC(=O)OC1C(C)OC(OC2C(C)OC(O[C@@H]3C(OC)[C@H](OC(=O)CC)CC(=O)O[C@H](C)CCN(C/C=C/c4ccccc4)C[C@H](O)[C@H](C)C[C@@H]3CC(OC)OC)C(O)C2N(C)C)CC1(C)OC(C)=O. The van der Waals surface area contributed by atoms with Crippen LogP contribution in [-0.4, -0.2) is 191 Å². The van der Waals surface area contributed by atoms with Crippen LogP contribution in [0.4, 0.5) is 0 Å². The highest BCUT2D eigenvalue weighted by atomic mass is 16.7. The quantitative estimate of drug-likeness (QED) is 0.116. The summed E-state index contributed by atoms with van der Waals surface area (Å²) in [7, 11) is 7.99. The molecule has 0 amide bonds. The molecule has 19 heteroatoms. The second-order valence-corrected chi connectivity index (χ2v) is 19.6. The van der Waals surface area contributed by atoms with Crippen LogP contribution < -0.4 is 0 Å². The van der Waals surface area contributed by atoms with Crippen molar-refractivity contribution in [1.82, 2.24) is 9.80 Å². The molecular formula is C52H84N2O17. The Morgan fingerprint density at radius 2 is 1.58 bits per heavy atom. The van der Waals surface area contributed by atoms with Gasteiger partial charge in [-0.15, -0.1) is 0 Å². The Morgan fingerprint density at radius 3 is 2.18 bits per heavy atom. The number of methoxy groups -OCH3 is 3. The molecule has 16 atom stereocenters. The summed E-state index contributed by atoms with van der Waals surface area (Å²) in [4.78, 5) is 55.9. The molecule has 4 rings (SSSR count). The van der Waals surface area contributed by atoms with Crippen molar-refractivity contribution in [3.8, 4) is 0 Å². The minimum atomic E-state index is -1.41. The molecule has 71 heavy (non-hydrogen) atoms. The van der Waals surface area contributed by atoms with E-state index in [4.69, 9.17) is 52.1 Å².